The number of esters is 1. The normalized spacial score (nSPS) is 13.6. The van der Waals surface area contributed by atoms with Gasteiger partial charge in [-0.25, -0.2) is 4.79 Å². The number of rotatable bonds is 3. The van der Waals surface area contributed by atoms with Gasteiger partial charge in [0.25, 0.3) is 0 Å². The van der Waals surface area contributed by atoms with Crippen molar-refractivity contribution in [1.29, 1.82) is 0 Å². The first kappa shape index (κ1) is 7.65. The summed E-state index contributed by atoms with van der Waals surface area (Å²) in [6, 6.07) is 0. The van der Waals surface area contributed by atoms with Gasteiger partial charge in [0.2, 0.25) is 0 Å². The second-order valence-electron chi connectivity index (χ2n) is 2.05. The summed E-state index contributed by atoms with van der Waals surface area (Å²) in [7, 11) is 1.43. The van der Waals surface area contributed by atoms with E-state index in [-0.39, 0.29) is 11.9 Å². The lowest BCUT2D eigenvalue weighted by Gasteiger charge is -1.92. The quantitative estimate of drug-likeness (QED) is 0.450. The molecular formula is C7H8O4. The number of hydrogen-bond acceptors (Lipinski definition) is 4. The summed E-state index contributed by atoms with van der Waals surface area (Å²) < 4.78 is 13.8. The van der Waals surface area contributed by atoms with Crippen molar-refractivity contribution < 1.29 is 19.0 Å². The Morgan fingerprint density at radius 1 is 1.55 bits per heavy atom. The fraction of sp³-hybridized carbons (Fsp3) is 0.286. The molecule has 1 heterocycles. The molecule has 1 aliphatic rings. The molecule has 0 aromatic rings. The Morgan fingerprint density at radius 3 is 2.55 bits per heavy atom. The van der Waals surface area contributed by atoms with E-state index in [4.69, 9.17) is 0 Å². The second kappa shape index (κ2) is 2.65. The standard InChI is InChI=1S/C7H8O4/c1-4(2)5(8)10-7-6(9-3)11-7/h1H2,2-3H3. The highest BCUT2D eigenvalue weighted by atomic mass is 16.8. The van der Waals surface area contributed by atoms with Crippen molar-refractivity contribution in [2.24, 2.45) is 0 Å². The smallest absolute Gasteiger partial charge is 0.381 e. The monoisotopic (exact) mass is 156 g/mol. The molecule has 1 rings (SSSR count). The molecule has 0 aromatic heterocycles. The van der Waals surface area contributed by atoms with Crippen molar-refractivity contribution in [3.63, 3.8) is 0 Å². The Labute approximate surface area is 64.0 Å². The minimum absolute atomic E-state index is 0.125. The third-order valence-corrected chi connectivity index (χ3v) is 1.03. The zero-order valence-electron chi connectivity index (χ0n) is 6.34. The third kappa shape index (κ3) is 1.73. The maximum absolute atomic E-state index is 10.8. The molecular weight excluding hydrogens is 148 g/mol. The van der Waals surface area contributed by atoms with E-state index in [2.05, 4.69) is 20.8 Å². The van der Waals surface area contributed by atoms with Gasteiger partial charge in [0, 0.05) is 5.57 Å². The average Bonchev–Trinajstić information content (AvgIpc) is 2.67. The predicted octanol–water partition coefficient (Wildman–Crippen LogP) is 0.909. The van der Waals surface area contributed by atoms with Crippen molar-refractivity contribution in [2.45, 2.75) is 6.92 Å². The van der Waals surface area contributed by atoms with Crippen LogP contribution in [-0.2, 0) is 19.0 Å². The van der Waals surface area contributed by atoms with Gasteiger partial charge in [0.15, 0.2) is 0 Å². The van der Waals surface area contributed by atoms with E-state index < -0.39 is 5.97 Å². The van der Waals surface area contributed by atoms with E-state index in [9.17, 15) is 4.79 Å². The molecule has 0 spiro atoms. The van der Waals surface area contributed by atoms with E-state index in [1.54, 1.807) is 6.92 Å². The molecule has 0 aliphatic carbocycles. The fourth-order valence-corrected chi connectivity index (χ4v) is 0.417. The second-order valence-corrected chi connectivity index (χ2v) is 2.05. The van der Waals surface area contributed by atoms with E-state index in [0.29, 0.717) is 5.57 Å². The molecule has 0 bridgehead atoms. The molecule has 11 heavy (non-hydrogen) atoms. The molecule has 0 N–H and O–H groups in total. The maximum Gasteiger partial charge on any atom is 0.381 e. The largest absolute Gasteiger partial charge is 0.463 e. The Hall–Kier alpha value is -1.45. The van der Waals surface area contributed by atoms with Crippen LogP contribution in [0.2, 0.25) is 0 Å². The van der Waals surface area contributed by atoms with Crippen LogP contribution < -0.4 is 0 Å². The van der Waals surface area contributed by atoms with Gasteiger partial charge in [0.05, 0.1) is 7.11 Å². The summed E-state index contributed by atoms with van der Waals surface area (Å²) >= 11 is 0. The van der Waals surface area contributed by atoms with Crippen LogP contribution in [0, 0.1) is 0 Å². The van der Waals surface area contributed by atoms with Crippen LogP contribution in [-0.4, -0.2) is 13.1 Å². The average molecular weight is 156 g/mol. The fourth-order valence-electron chi connectivity index (χ4n) is 0.417. The van der Waals surface area contributed by atoms with Gasteiger partial charge >= 0.3 is 17.9 Å². The number of ether oxygens (including phenoxy) is 3. The molecule has 0 fully saturated rings. The van der Waals surface area contributed by atoms with Crippen LogP contribution in [0.3, 0.4) is 0 Å². The summed E-state index contributed by atoms with van der Waals surface area (Å²) in [6.45, 7) is 4.95. The highest BCUT2D eigenvalue weighted by molar-refractivity contribution is 5.87. The first-order chi connectivity index (χ1) is 5.15. The van der Waals surface area contributed by atoms with Gasteiger partial charge in [-0.3, -0.25) is 0 Å². The maximum atomic E-state index is 10.8. The molecule has 0 unspecified atom stereocenters. The molecule has 0 atom stereocenters. The molecule has 60 valence electrons. The van der Waals surface area contributed by atoms with Crippen LogP contribution in [0.25, 0.3) is 0 Å². The first-order valence-electron chi connectivity index (χ1n) is 2.99. The van der Waals surface area contributed by atoms with E-state index >= 15 is 0 Å². The minimum Gasteiger partial charge on any atom is -0.463 e. The van der Waals surface area contributed by atoms with Crippen molar-refractivity contribution >= 4 is 5.97 Å². The van der Waals surface area contributed by atoms with E-state index in [1.165, 1.54) is 7.11 Å². The topological polar surface area (TPSA) is 48.1 Å². The molecule has 0 amide bonds. The molecule has 0 saturated carbocycles. The van der Waals surface area contributed by atoms with Gasteiger partial charge in [-0.1, -0.05) is 6.58 Å². The van der Waals surface area contributed by atoms with Crippen LogP contribution in [0.15, 0.2) is 24.0 Å². The summed E-state index contributed by atoms with van der Waals surface area (Å²) in [5.74, 6) is -0.132. The highest BCUT2D eigenvalue weighted by Gasteiger charge is 2.32. The highest BCUT2D eigenvalue weighted by Crippen LogP contribution is 2.27. The molecule has 0 saturated heterocycles. The Balaban J connectivity index is 2.40. The third-order valence-electron chi connectivity index (χ3n) is 1.03. The lowest BCUT2D eigenvalue weighted by atomic mass is 10.4. The number of carbonyl (C=O) groups is 1. The van der Waals surface area contributed by atoms with Crippen LogP contribution in [0.4, 0.5) is 0 Å². The lowest BCUT2D eigenvalue weighted by molar-refractivity contribution is -0.136. The van der Waals surface area contributed by atoms with Crippen LogP contribution in [0.5, 0.6) is 0 Å². The molecule has 4 heteroatoms. The van der Waals surface area contributed by atoms with Crippen LogP contribution in [0.1, 0.15) is 6.92 Å². The van der Waals surface area contributed by atoms with Crippen LogP contribution >= 0.6 is 0 Å². The molecule has 1 aliphatic heterocycles. The molecule has 0 radical (unpaired) electrons. The number of hydrogen-bond donors (Lipinski definition) is 0. The first-order valence-corrected chi connectivity index (χ1v) is 2.99. The van der Waals surface area contributed by atoms with E-state index in [1.807, 2.05) is 0 Å². The van der Waals surface area contributed by atoms with Gasteiger partial charge in [-0.2, -0.15) is 0 Å². The van der Waals surface area contributed by atoms with Crippen molar-refractivity contribution in [3.8, 4) is 0 Å². The zero-order valence-corrected chi connectivity index (χ0v) is 6.34. The van der Waals surface area contributed by atoms with Crippen molar-refractivity contribution in [1.82, 2.24) is 0 Å². The van der Waals surface area contributed by atoms with Crippen molar-refractivity contribution in [3.05, 3.63) is 24.0 Å². The minimum atomic E-state index is -0.507. The summed E-state index contributed by atoms with van der Waals surface area (Å²) in [6.07, 6.45) is 0. The molecule has 4 nitrogen and oxygen atoms in total. The summed E-state index contributed by atoms with van der Waals surface area (Å²) in [5, 5.41) is 0. The van der Waals surface area contributed by atoms with Gasteiger partial charge in [-0.15, -0.1) is 0 Å². The summed E-state index contributed by atoms with van der Waals surface area (Å²) in [5.41, 5.74) is 0.323. The lowest BCUT2D eigenvalue weighted by Crippen LogP contribution is -2.00. The van der Waals surface area contributed by atoms with E-state index in [0.717, 1.165) is 0 Å². The van der Waals surface area contributed by atoms with Crippen molar-refractivity contribution in [2.75, 3.05) is 7.11 Å². The molecule has 0 aromatic carbocycles. The Morgan fingerprint density at radius 2 is 2.18 bits per heavy atom. The number of methoxy groups -OCH3 is 1. The van der Waals surface area contributed by atoms with Gasteiger partial charge in [-0.05, 0) is 6.92 Å². The predicted molar refractivity (Wildman–Crippen MR) is 36.0 cm³/mol. The SMILES string of the molecule is C=C(C)C(=O)OC1=C(OC)O1. The van der Waals surface area contributed by atoms with Gasteiger partial charge < -0.3 is 14.2 Å². The van der Waals surface area contributed by atoms with Gasteiger partial charge in [0.1, 0.15) is 0 Å². The summed E-state index contributed by atoms with van der Waals surface area (Å²) in [4.78, 5) is 10.8. The zero-order chi connectivity index (χ0) is 8.43. The Bertz CT molecular complexity index is 239. The number of carbonyl (C=O) groups excluding carboxylic acids is 1. The Kier molecular flexibility index (Phi) is 1.85.